The Balaban J connectivity index is 1.93. The molecule has 2 heteroatoms. The molecule has 11 heavy (non-hydrogen) atoms. The summed E-state index contributed by atoms with van der Waals surface area (Å²) in [5.74, 6) is 0. The van der Waals surface area contributed by atoms with Crippen molar-refractivity contribution in [2.75, 3.05) is 19.6 Å². The van der Waals surface area contributed by atoms with Gasteiger partial charge in [0, 0.05) is 6.54 Å². The van der Waals surface area contributed by atoms with Crippen molar-refractivity contribution in [2.24, 2.45) is 0 Å². The molecular formula is C9H18N2. The molecule has 0 radical (unpaired) electrons. The molecule has 2 fully saturated rings. The van der Waals surface area contributed by atoms with E-state index in [1.54, 1.807) is 0 Å². The van der Waals surface area contributed by atoms with Gasteiger partial charge in [0.1, 0.15) is 0 Å². The van der Waals surface area contributed by atoms with Crippen LogP contribution in [0, 0.1) is 0 Å². The third-order valence-corrected chi connectivity index (χ3v) is 2.87. The van der Waals surface area contributed by atoms with Gasteiger partial charge in [0.05, 0.1) is 6.17 Å². The first kappa shape index (κ1) is 7.56. The monoisotopic (exact) mass is 154 g/mol. The fourth-order valence-electron chi connectivity index (χ4n) is 2.22. The third-order valence-electron chi connectivity index (χ3n) is 2.87. The second-order valence-electron chi connectivity index (χ2n) is 3.71. The van der Waals surface area contributed by atoms with Crippen LogP contribution in [-0.4, -0.2) is 30.7 Å². The highest BCUT2D eigenvalue weighted by atomic mass is 15.3. The number of nitrogens with one attached hydrogen (secondary N) is 1. The highest BCUT2D eigenvalue weighted by molar-refractivity contribution is 4.77. The summed E-state index contributed by atoms with van der Waals surface area (Å²) in [6.45, 7) is 3.90. The minimum atomic E-state index is 0.728. The van der Waals surface area contributed by atoms with Crippen LogP contribution in [0.1, 0.15) is 32.1 Å². The van der Waals surface area contributed by atoms with E-state index in [0.29, 0.717) is 0 Å². The summed E-state index contributed by atoms with van der Waals surface area (Å²) in [6.07, 6.45) is 7.73. The predicted octanol–water partition coefficient (Wildman–Crippen LogP) is 1.18. The van der Waals surface area contributed by atoms with E-state index < -0.39 is 0 Å². The van der Waals surface area contributed by atoms with Gasteiger partial charge >= 0.3 is 0 Å². The van der Waals surface area contributed by atoms with E-state index in [-0.39, 0.29) is 0 Å². The molecule has 0 saturated carbocycles. The lowest BCUT2D eigenvalue weighted by molar-refractivity contribution is 0.134. The summed E-state index contributed by atoms with van der Waals surface area (Å²) in [7, 11) is 0. The lowest BCUT2D eigenvalue weighted by Crippen LogP contribution is -2.50. The number of rotatable bonds is 0. The molecule has 0 aromatic carbocycles. The van der Waals surface area contributed by atoms with E-state index in [1.807, 2.05) is 0 Å². The Morgan fingerprint density at radius 2 is 1.91 bits per heavy atom. The van der Waals surface area contributed by atoms with Crippen LogP contribution in [0.3, 0.4) is 0 Å². The smallest absolute Gasteiger partial charge is 0.0597 e. The van der Waals surface area contributed by atoms with Crippen LogP contribution in [0.2, 0.25) is 0 Å². The van der Waals surface area contributed by atoms with Crippen LogP contribution in [-0.2, 0) is 0 Å². The summed E-state index contributed by atoms with van der Waals surface area (Å²) < 4.78 is 0. The molecule has 64 valence electrons. The van der Waals surface area contributed by atoms with E-state index in [9.17, 15) is 0 Å². The van der Waals surface area contributed by atoms with E-state index in [0.717, 1.165) is 6.17 Å². The molecule has 0 spiro atoms. The SMILES string of the molecule is C1CCC2NCCCN2CC1. The fourth-order valence-corrected chi connectivity index (χ4v) is 2.22. The molecule has 0 bridgehead atoms. The lowest BCUT2D eigenvalue weighted by atomic mass is 10.2. The zero-order chi connectivity index (χ0) is 7.52. The summed E-state index contributed by atoms with van der Waals surface area (Å²) in [5.41, 5.74) is 0. The van der Waals surface area contributed by atoms with Crippen LogP contribution in [0.25, 0.3) is 0 Å². The first-order chi connectivity index (χ1) is 5.47. The van der Waals surface area contributed by atoms with Crippen LogP contribution < -0.4 is 5.32 Å². The minimum absolute atomic E-state index is 0.728. The summed E-state index contributed by atoms with van der Waals surface area (Å²) in [5, 5.41) is 3.59. The van der Waals surface area contributed by atoms with Crippen LogP contribution in [0.4, 0.5) is 0 Å². The summed E-state index contributed by atoms with van der Waals surface area (Å²) in [6, 6.07) is 0. The average molecular weight is 154 g/mol. The molecule has 2 saturated heterocycles. The van der Waals surface area contributed by atoms with Crippen LogP contribution in [0.5, 0.6) is 0 Å². The molecule has 0 aliphatic carbocycles. The topological polar surface area (TPSA) is 15.3 Å². The Morgan fingerprint density at radius 3 is 2.91 bits per heavy atom. The highest BCUT2D eigenvalue weighted by Gasteiger charge is 2.22. The third kappa shape index (κ3) is 1.74. The van der Waals surface area contributed by atoms with Gasteiger partial charge < -0.3 is 5.32 Å². The maximum atomic E-state index is 3.59. The summed E-state index contributed by atoms with van der Waals surface area (Å²) in [4.78, 5) is 2.62. The zero-order valence-corrected chi connectivity index (χ0v) is 7.18. The molecule has 2 aliphatic rings. The molecule has 1 unspecified atom stereocenters. The molecule has 2 nitrogen and oxygen atoms in total. The van der Waals surface area contributed by atoms with Gasteiger partial charge in [-0.25, -0.2) is 0 Å². The van der Waals surface area contributed by atoms with E-state index in [4.69, 9.17) is 0 Å². The molecule has 2 rings (SSSR count). The van der Waals surface area contributed by atoms with Crippen molar-refractivity contribution in [1.82, 2.24) is 10.2 Å². The molecular weight excluding hydrogens is 136 g/mol. The van der Waals surface area contributed by atoms with Gasteiger partial charge in [0.2, 0.25) is 0 Å². The Labute approximate surface area is 69.0 Å². The number of hydrogen-bond donors (Lipinski definition) is 1. The van der Waals surface area contributed by atoms with Gasteiger partial charge in [-0.05, 0) is 32.4 Å². The van der Waals surface area contributed by atoms with Crippen molar-refractivity contribution in [3.63, 3.8) is 0 Å². The predicted molar refractivity (Wildman–Crippen MR) is 46.4 cm³/mol. The van der Waals surface area contributed by atoms with Crippen molar-refractivity contribution in [1.29, 1.82) is 0 Å². The largest absolute Gasteiger partial charge is 0.302 e. The fraction of sp³-hybridized carbons (Fsp3) is 1.00. The van der Waals surface area contributed by atoms with Crippen molar-refractivity contribution in [3.8, 4) is 0 Å². The second-order valence-corrected chi connectivity index (χ2v) is 3.71. The normalized spacial score (nSPS) is 34.4. The highest BCUT2D eigenvalue weighted by Crippen LogP contribution is 2.17. The average Bonchev–Trinajstić information content (AvgIpc) is 2.28. The number of hydrogen-bond acceptors (Lipinski definition) is 2. The first-order valence-corrected chi connectivity index (χ1v) is 4.94. The van der Waals surface area contributed by atoms with Gasteiger partial charge in [-0.2, -0.15) is 0 Å². The van der Waals surface area contributed by atoms with Gasteiger partial charge in [0.15, 0.2) is 0 Å². The second kappa shape index (κ2) is 3.55. The van der Waals surface area contributed by atoms with Crippen molar-refractivity contribution in [2.45, 2.75) is 38.3 Å². The molecule has 1 N–H and O–H groups in total. The first-order valence-electron chi connectivity index (χ1n) is 4.94. The minimum Gasteiger partial charge on any atom is -0.302 e. The van der Waals surface area contributed by atoms with Crippen LogP contribution in [0.15, 0.2) is 0 Å². The molecule has 0 amide bonds. The Hall–Kier alpha value is -0.0800. The maximum Gasteiger partial charge on any atom is 0.0597 e. The molecule has 0 aromatic heterocycles. The van der Waals surface area contributed by atoms with E-state index >= 15 is 0 Å². The van der Waals surface area contributed by atoms with Gasteiger partial charge in [0.25, 0.3) is 0 Å². The number of nitrogens with zero attached hydrogens (tertiary/aromatic N) is 1. The lowest BCUT2D eigenvalue weighted by Gasteiger charge is -2.34. The van der Waals surface area contributed by atoms with E-state index in [2.05, 4.69) is 10.2 Å². The molecule has 2 heterocycles. The summed E-state index contributed by atoms with van der Waals surface area (Å²) >= 11 is 0. The molecule has 0 aromatic rings. The number of fused-ring (bicyclic) bond motifs is 1. The Morgan fingerprint density at radius 1 is 1.00 bits per heavy atom. The van der Waals surface area contributed by atoms with Crippen molar-refractivity contribution in [3.05, 3.63) is 0 Å². The standard InChI is InChI=1S/C9H18N2/c1-2-5-9-10-6-4-8-11(9)7-3-1/h9-10H,1-8H2. The van der Waals surface area contributed by atoms with Crippen LogP contribution >= 0.6 is 0 Å². The quantitative estimate of drug-likeness (QED) is 0.563. The van der Waals surface area contributed by atoms with Gasteiger partial charge in [-0.15, -0.1) is 0 Å². The molecule has 1 atom stereocenters. The zero-order valence-electron chi connectivity index (χ0n) is 7.18. The van der Waals surface area contributed by atoms with E-state index in [1.165, 1.54) is 51.7 Å². The maximum absolute atomic E-state index is 3.59. The van der Waals surface area contributed by atoms with Crippen molar-refractivity contribution < 1.29 is 0 Å². The van der Waals surface area contributed by atoms with Gasteiger partial charge in [-0.1, -0.05) is 12.8 Å². The van der Waals surface area contributed by atoms with Gasteiger partial charge in [-0.3, -0.25) is 4.90 Å². The van der Waals surface area contributed by atoms with Crippen molar-refractivity contribution >= 4 is 0 Å². The Kier molecular flexibility index (Phi) is 2.44. The molecule has 2 aliphatic heterocycles. The Bertz CT molecular complexity index is 111.